The van der Waals surface area contributed by atoms with Crippen molar-refractivity contribution in [3.63, 3.8) is 0 Å². The first-order chi connectivity index (χ1) is 13.3. The number of aromatic nitrogens is 4. The van der Waals surface area contributed by atoms with Gasteiger partial charge in [0, 0.05) is 0 Å². The van der Waals surface area contributed by atoms with E-state index in [0.29, 0.717) is 29.3 Å². The minimum Gasteiger partial charge on any atom is -0.495 e. The molecule has 1 fully saturated rings. The molecule has 1 N–H and O–H groups in total. The summed E-state index contributed by atoms with van der Waals surface area (Å²) in [7, 11) is 1.59. The van der Waals surface area contributed by atoms with Crippen LogP contribution in [0.4, 0.5) is 11.8 Å². The summed E-state index contributed by atoms with van der Waals surface area (Å²) >= 11 is 0. The molecule has 3 heterocycles. The van der Waals surface area contributed by atoms with Crippen LogP contribution in [-0.2, 0) is 0 Å². The molecular formula is C19H21N5O3. The molecule has 8 heteroatoms. The van der Waals surface area contributed by atoms with E-state index in [1.807, 2.05) is 12.1 Å². The maximum atomic E-state index is 5.98. The molecule has 4 rings (SSSR count). The van der Waals surface area contributed by atoms with E-state index in [1.165, 1.54) is 19.3 Å². The Kier molecular flexibility index (Phi) is 5.13. The molecule has 0 aromatic carbocycles. The molecule has 0 spiro atoms. The predicted octanol–water partition coefficient (Wildman–Crippen LogP) is 3.99. The third-order valence-electron chi connectivity index (χ3n) is 4.44. The number of hydrogen-bond acceptors (Lipinski definition) is 8. The summed E-state index contributed by atoms with van der Waals surface area (Å²) in [5.74, 6) is 2.36. The fraction of sp³-hybridized carbons (Fsp3) is 0.368. The lowest BCUT2D eigenvalue weighted by atomic mass is 9.98. The van der Waals surface area contributed by atoms with Gasteiger partial charge in [0.25, 0.3) is 5.89 Å². The van der Waals surface area contributed by atoms with Gasteiger partial charge >= 0.3 is 6.01 Å². The molecule has 0 amide bonds. The summed E-state index contributed by atoms with van der Waals surface area (Å²) in [6.07, 6.45) is 9.61. The maximum absolute atomic E-state index is 5.98. The van der Waals surface area contributed by atoms with Gasteiger partial charge in [0.05, 0.1) is 25.6 Å². The van der Waals surface area contributed by atoms with Gasteiger partial charge in [-0.05, 0) is 49.9 Å². The number of anilines is 2. The molecule has 0 atom stereocenters. The van der Waals surface area contributed by atoms with E-state index in [2.05, 4.69) is 25.5 Å². The summed E-state index contributed by atoms with van der Waals surface area (Å²) in [6.45, 7) is 0. The zero-order chi connectivity index (χ0) is 18.5. The molecule has 27 heavy (non-hydrogen) atoms. The van der Waals surface area contributed by atoms with Gasteiger partial charge in [-0.15, -0.1) is 5.10 Å². The molecule has 0 saturated heterocycles. The quantitative estimate of drug-likeness (QED) is 0.699. The van der Waals surface area contributed by atoms with Crippen molar-refractivity contribution in [3.05, 3.63) is 36.7 Å². The van der Waals surface area contributed by atoms with E-state index in [1.54, 1.807) is 31.6 Å². The number of nitrogens with zero attached hydrogens (tertiary/aromatic N) is 4. The summed E-state index contributed by atoms with van der Waals surface area (Å²) in [5.41, 5.74) is 0.570. The molecule has 1 aliphatic carbocycles. The predicted molar refractivity (Wildman–Crippen MR) is 99.1 cm³/mol. The molecule has 1 aliphatic rings. The Labute approximate surface area is 157 Å². The fourth-order valence-corrected chi connectivity index (χ4v) is 3.01. The van der Waals surface area contributed by atoms with Gasteiger partial charge < -0.3 is 13.9 Å². The van der Waals surface area contributed by atoms with Crippen molar-refractivity contribution in [2.24, 2.45) is 0 Å². The van der Waals surface area contributed by atoms with E-state index in [4.69, 9.17) is 13.9 Å². The molecule has 0 unspecified atom stereocenters. The Morgan fingerprint density at radius 3 is 2.48 bits per heavy atom. The van der Waals surface area contributed by atoms with Gasteiger partial charge in [-0.3, -0.25) is 5.32 Å². The van der Waals surface area contributed by atoms with Crippen LogP contribution in [-0.4, -0.2) is 33.4 Å². The Hall–Kier alpha value is -3.16. The molecule has 0 bridgehead atoms. The van der Waals surface area contributed by atoms with Crippen molar-refractivity contribution in [2.75, 3.05) is 12.4 Å². The summed E-state index contributed by atoms with van der Waals surface area (Å²) in [6, 6.07) is 7.51. The summed E-state index contributed by atoms with van der Waals surface area (Å²) < 4.78 is 16.7. The topological polar surface area (TPSA) is 95.2 Å². The van der Waals surface area contributed by atoms with E-state index in [9.17, 15) is 0 Å². The van der Waals surface area contributed by atoms with Gasteiger partial charge in [0.15, 0.2) is 0 Å². The first kappa shape index (κ1) is 17.3. The minimum atomic E-state index is 0.246. The van der Waals surface area contributed by atoms with Crippen LogP contribution in [0.3, 0.4) is 0 Å². The van der Waals surface area contributed by atoms with E-state index in [0.717, 1.165) is 18.6 Å². The van der Waals surface area contributed by atoms with Crippen LogP contribution in [0.15, 0.2) is 41.1 Å². The standard InChI is InChI=1S/C19H21N5O3/c1-25-14-7-9-16(20-11-14)18-23-24-19(27-18)22-17-10-8-15(12-21-17)26-13-5-3-2-4-6-13/h7-13H,2-6H2,1H3,(H,21,22,24). The fourth-order valence-electron chi connectivity index (χ4n) is 3.01. The van der Waals surface area contributed by atoms with Crippen LogP contribution in [0.25, 0.3) is 11.6 Å². The highest BCUT2D eigenvalue weighted by Gasteiger charge is 2.15. The van der Waals surface area contributed by atoms with Gasteiger partial charge in [0.1, 0.15) is 23.0 Å². The van der Waals surface area contributed by atoms with Crippen LogP contribution in [0.5, 0.6) is 11.5 Å². The van der Waals surface area contributed by atoms with Crippen molar-refractivity contribution in [1.82, 2.24) is 20.2 Å². The lowest BCUT2D eigenvalue weighted by molar-refractivity contribution is 0.154. The van der Waals surface area contributed by atoms with Crippen molar-refractivity contribution in [1.29, 1.82) is 0 Å². The average Bonchev–Trinajstić information content (AvgIpc) is 3.19. The Morgan fingerprint density at radius 2 is 1.78 bits per heavy atom. The number of ether oxygens (including phenoxy) is 2. The second-order valence-electron chi connectivity index (χ2n) is 6.38. The lowest BCUT2D eigenvalue weighted by Crippen LogP contribution is -2.19. The summed E-state index contributed by atoms with van der Waals surface area (Å²) in [5, 5.41) is 11.0. The van der Waals surface area contributed by atoms with Crippen LogP contribution in [0.2, 0.25) is 0 Å². The molecule has 140 valence electrons. The number of rotatable bonds is 6. The molecule has 8 nitrogen and oxygen atoms in total. The average molecular weight is 367 g/mol. The highest BCUT2D eigenvalue weighted by Crippen LogP contribution is 2.25. The normalized spacial score (nSPS) is 14.7. The van der Waals surface area contributed by atoms with E-state index in [-0.39, 0.29) is 6.01 Å². The molecule has 3 aromatic heterocycles. The summed E-state index contributed by atoms with van der Waals surface area (Å²) in [4.78, 5) is 8.57. The van der Waals surface area contributed by atoms with Crippen molar-refractivity contribution in [2.45, 2.75) is 38.2 Å². The zero-order valence-corrected chi connectivity index (χ0v) is 15.1. The molecule has 0 aliphatic heterocycles. The van der Waals surface area contributed by atoms with Crippen molar-refractivity contribution in [3.8, 4) is 23.1 Å². The largest absolute Gasteiger partial charge is 0.495 e. The monoisotopic (exact) mass is 367 g/mol. The highest BCUT2D eigenvalue weighted by molar-refractivity contribution is 5.51. The number of methoxy groups -OCH3 is 1. The van der Waals surface area contributed by atoms with Gasteiger partial charge in [0.2, 0.25) is 0 Å². The van der Waals surface area contributed by atoms with Crippen LogP contribution in [0.1, 0.15) is 32.1 Å². The van der Waals surface area contributed by atoms with Crippen LogP contribution < -0.4 is 14.8 Å². The first-order valence-corrected chi connectivity index (χ1v) is 9.04. The SMILES string of the molecule is COc1ccc(-c2nnc(Nc3ccc(OC4CCCCC4)cn3)o2)nc1. The second kappa shape index (κ2) is 8.03. The first-order valence-electron chi connectivity index (χ1n) is 9.04. The van der Waals surface area contributed by atoms with Gasteiger partial charge in [-0.1, -0.05) is 11.5 Å². The molecule has 3 aromatic rings. The van der Waals surface area contributed by atoms with Crippen LogP contribution >= 0.6 is 0 Å². The highest BCUT2D eigenvalue weighted by atomic mass is 16.5. The zero-order valence-electron chi connectivity index (χ0n) is 15.1. The minimum absolute atomic E-state index is 0.246. The van der Waals surface area contributed by atoms with Crippen LogP contribution in [0, 0.1) is 0 Å². The number of hydrogen-bond donors (Lipinski definition) is 1. The Morgan fingerprint density at radius 1 is 0.963 bits per heavy atom. The van der Waals surface area contributed by atoms with E-state index < -0.39 is 0 Å². The Bertz CT molecular complexity index is 858. The number of pyridine rings is 2. The van der Waals surface area contributed by atoms with Gasteiger partial charge in [-0.2, -0.15) is 0 Å². The third-order valence-corrected chi connectivity index (χ3v) is 4.44. The molecule has 1 saturated carbocycles. The van der Waals surface area contributed by atoms with E-state index >= 15 is 0 Å². The van der Waals surface area contributed by atoms with Crippen molar-refractivity contribution < 1.29 is 13.9 Å². The maximum Gasteiger partial charge on any atom is 0.321 e. The smallest absolute Gasteiger partial charge is 0.321 e. The molecular weight excluding hydrogens is 346 g/mol. The Balaban J connectivity index is 1.38. The number of nitrogens with one attached hydrogen (secondary N) is 1. The second-order valence-corrected chi connectivity index (χ2v) is 6.38. The molecule has 0 radical (unpaired) electrons. The van der Waals surface area contributed by atoms with Gasteiger partial charge in [-0.25, -0.2) is 9.97 Å². The third kappa shape index (κ3) is 4.33. The lowest BCUT2D eigenvalue weighted by Gasteiger charge is -2.22. The van der Waals surface area contributed by atoms with Crippen molar-refractivity contribution >= 4 is 11.8 Å².